The lowest BCUT2D eigenvalue weighted by molar-refractivity contribution is -0.118. The highest BCUT2D eigenvalue weighted by Gasteiger charge is 2.25. The lowest BCUT2D eigenvalue weighted by atomic mass is 10.1. The number of carbonyl (C=O) groups is 2. The van der Waals surface area contributed by atoms with Crippen LogP contribution >= 0.6 is 0 Å². The summed E-state index contributed by atoms with van der Waals surface area (Å²) in [6.07, 6.45) is 0.540. The second kappa shape index (κ2) is 4.30. The molecule has 3 amide bonds. The van der Waals surface area contributed by atoms with Crippen LogP contribution in [-0.2, 0) is 11.2 Å². The number of urea groups is 1. The van der Waals surface area contributed by atoms with Gasteiger partial charge in [0, 0.05) is 6.54 Å². The topological polar surface area (TPSA) is 49.4 Å². The molecule has 5 heteroatoms. The first-order valence-electron chi connectivity index (χ1n) is 4.98. The molecule has 1 aliphatic heterocycles. The molecule has 0 spiro atoms. The van der Waals surface area contributed by atoms with Crippen molar-refractivity contribution in [1.82, 2.24) is 10.2 Å². The molecule has 1 aromatic rings. The third-order valence-corrected chi connectivity index (χ3v) is 2.43. The lowest BCUT2D eigenvalue weighted by Gasteiger charge is -2.12. The molecule has 0 saturated carbocycles. The molecule has 1 saturated heterocycles. The lowest BCUT2D eigenvalue weighted by Crippen LogP contribution is -2.30. The normalized spacial score (nSPS) is 15.4. The third-order valence-electron chi connectivity index (χ3n) is 2.43. The largest absolute Gasteiger partial charge is 0.324 e. The predicted molar refractivity (Wildman–Crippen MR) is 55.2 cm³/mol. The Labute approximate surface area is 92.0 Å². The molecule has 0 radical (unpaired) electrons. The molecule has 0 bridgehead atoms. The number of amides is 3. The number of benzene rings is 1. The molecule has 4 nitrogen and oxygen atoms in total. The van der Waals surface area contributed by atoms with Gasteiger partial charge in [-0.05, 0) is 24.1 Å². The van der Waals surface area contributed by atoms with Crippen molar-refractivity contribution in [2.75, 3.05) is 13.1 Å². The summed E-state index contributed by atoms with van der Waals surface area (Å²) in [7, 11) is 0. The van der Waals surface area contributed by atoms with Crippen molar-refractivity contribution in [1.29, 1.82) is 0 Å². The quantitative estimate of drug-likeness (QED) is 0.773. The number of hydrogen-bond donors (Lipinski definition) is 1. The standard InChI is InChI=1S/C11H11FN2O2/c12-9-3-1-2-8(6-9)4-5-14-7-10(15)13-11(14)16/h1-3,6H,4-5,7H2,(H,13,15,16). The maximum Gasteiger partial charge on any atom is 0.324 e. The van der Waals surface area contributed by atoms with Gasteiger partial charge in [-0.25, -0.2) is 9.18 Å². The maximum atomic E-state index is 12.9. The van der Waals surface area contributed by atoms with Gasteiger partial charge < -0.3 is 4.90 Å². The van der Waals surface area contributed by atoms with Crippen LogP contribution in [0.15, 0.2) is 24.3 Å². The van der Waals surface area contributed by atoms with E-state index in [1.807, 2.05) is 0 Å². The van der Waals surface area contributed by atoms with Crippen LogP contribution in [0.2, 0.25) is 0 Å². The number of nitrogens with zero attached hydrogens (tertiary/aromatic N) is 1. The molecule has 0 aromatic heterocycles. The predicted octanol–water partition coefficient (Wildman–Crippen LogP) is 0.920. The first-order chi connectivity index (χ1) is 7.65. The Balaban J connectivity index is 1.93. The fourth-order valence-electron chi connectivity index (χ4n) is 1.62. The van der Waals surface area contributed by atoms with Crippen LogP contribution in [0.4, 0.5) is 9.18 Å². The van der Waals surface area contributed by atoms with Crippen LogP contribution in [0, 0.1) is 5.82 Å². The van der Waals surface area contributed by atoms with Gasteiger partial charge in [-0.3, -0.25) is 10.1 Å². The molecule has 84 valence electrons. The summed E-state index contributed by atoms with van der Waals surface area (Å²) in [4.78, 5) is 23.5. The average Bonchev–Trinajstić information content (AvgIpc) is 2.54. The van der Waals surface area contributed by atoms with Gasteiger partial charge in [0.25, 0.3) is 0 Å². The summed E-state index contributed by atoms with van der Waals surface area (Å²) in [5.74, 6) is -0.580. The van der Waals surface area contributed by atoms with E-state index in [4.69, 9.17) is 0 Å². The highest BCUT2D eigenvalue weighted by atomic mass is 19.1. The molecule has 1 aromatic carbocycles. The molecular formula is C11H11FN2O2. The Hall–Kier alpha value is -1.91. The molecule has 0 atom stereocenters. The average molecular weight is 222 g/mol. The SMILES string of the molecule is O=C1CN(CCc2cccc(F)c2)C(=O)N1. The van der Waals surface area contributed by atoms with Crippen molar-refractivity contribution < 1.29 is 14.0 Å². The van der Waals surface area contributed by atoms with Crippen molar-refractivity contribution in [2.24, 2.45) is 0 Å². The minimum absolute atomic E-state index is 0.0914. The highest BCUT2D eigenvalue weighted by Crippen LogP contribution is 2.06. The smallest absolute Gasteiger partial charge is 0.315 e. The number of nitrogens with one attached hydrogen (secondary N) is 1. The maximum absolute atomic E-state index is 12.9. The minimum atomic E-state index is -0.374. The second-order valence-corrected chi connectivity index (χ2v) is 3.65. The van der Waals surface area contributed by atoms with Crippen LogP contribution in [-0.4, -0.2) is 29.9 Å². The van der Waals surface area contributed by atoms with Crippen molar-refractivity contribution in [3.63, 3.8) is 0 Å². The molecule has 1 N–H and O–H groups in total. The Bertz CT molecular complexity index is 434. The Morgan fingerprint density at radius 3 is 2.81 bits per heavy atom. The fourth-order valence-corrected chi connectivity index (χ4v) is 1.62. The highest BCUT2D eigenvalue weighted by molar-refractivity contribution is 6.01. The Kier molecular flexibility index (Phi) is 2.85. The van der Waals surface area contributed by atoms with E-state index in [9.17, 15) is 14.0 Å². The van der Waals surface area contributed by atoms with Crippen LogP contribution in [0.1, 0.15) is 5.56 Å². The summed E-state index contributed by atoms with van der Waals surface area (Å²) in [5.41, 5.74) is 0.812. The molecule has 16 heavy (non-hydrogen) atoms. The van der Waals surface area contributed by atoms with E-state index >= 15 is 0 Å². The van der Waals surface area contributed by atoms with Gasteiger partial charge in [0.1, 0.15) is 12.4 Å². The van der Waals surface area contributed by atoms with E-state index in [0.29, 0.717) is 13.0 Å². The van der Waals surface area contributed by atoms with Crippen LogP contribution in [0.3, 0.4) is 0 Å². The molecular weight excluding hydrogens is 211 g/mol. The summed E-state index contributed by atoms with van der Waals surface area (Å²) in [5, 5.41) is 2.19. The van der Waals surface area contributed by atoms with E-state index in [0.717, 1.165) is 5.56 Å². The molecule has 1 aliphatic rings. The van der Waals surface area contributed by atoms with E-state index in [1.165, 1.54) is 17.0 Å². The number of carbonyl (C=O) groups excluding carboxylic acids is 2. The zero-order valence-corrected chi connectivity index (χ0v) is 8.57. The van der Waals surface area contributed by atoms with E-state index < -0.39 is 0 Å². The number of imide groups is 1. The zero-order valence-electron chi connectivity index (χ0n) is 8.57. The van der Waals surface area contributed by atoms with E-state index in [2.05, 4.69) is 5.32 Å². The summed E-state index contributed by atoms with van der Waals surface area (Å²) < 4.78 is 12.9. The number of halogens is 1. The van der Waals surface area contributed by atoms with Gasteiger partial charge in [0.2, 0.25) is 5.91 Å². The minimum Gasteiger partial charge on any atom is -0.315 e. The van der Waals surface area contributed by atoms with Gasteiger partial charge in [-0.2, -0.15) is 0 Å². The molecule has 2 rings (SSSR count). The van der Waals surface area contributed by atoms with E-state index in [-0.39, 0.29) is 24.3 Å². The van der Waals surface area contributed by atoms with Crippen LogP contribution in [0.5, 0.6) is 0 Å². The summed E-state index contributed by atoms with van der Waals surface area (Å²) in [6.45, 7) is 0.509. The molecule has 0 unspecified atom stereocenters. The van der Waals surface area contributed by atoms with Crippen molar-refractivity contribution >= 4 is 11.9 Å². The first kappa shape index (κ1) is 10.6. The monoisotopic (exact) mass is 222 g/mol. The van der Waals surface area contributed by atoms with Gasteiger partial charge in [0.05, 0.1) is 0 Å². The first-order valence-corrected chi connectivity index (χ1v) is 4.98. The molecule has 0 aliphatic carbocycles. The second-order valence-electron chi connectivity index (χ2n) is 3.65. The van der Waals surface area contributed by atoms with Crippen molar-refractivity contribution in [2.45, 2.75) is 6.42 Å². The Morgan fingerprint density at radius 2 is 2.19 bits per heavy atom. The number of hydrogen-bond acceptors (Lipinski definition) is 2. The van der Waals surface area contributed by atoms with Crippen LogP contribution in [0.25, 0.3) is 0 Å². The summed E-state index contributed by atoms with van der Waals surface area (Å²) >= 11 is 0. The van der Waals surface area contributed by atoms with Gasteiger partial charge in [-0.1, -0.05) is 12.1 Å². The molecule has 1 fully saturated rings. The van der Waals surface area contributed by atoms with Crippen LogP contribution < -0.4 is 5.32 Å². The van der Waals surface area contributed by atoms with E-state index in [1.54, 1.807) is 12.1 Å². The van der Waals surface area contributed by atoms with Gasteiger partial charge in [-0.15, -0.1) is 0 Å². The Morgan fingerprint density at radius 1 is 1.38 bits per heavy atom. The number of rotatable bonds is 3. The van der Waals surface area contributed by atoms with Gasteiger partial charge in [0.15, 0.2) is 0 Å². The third kappa shape index (κ3) is 2.36. The van der Waals surface area contributed by atoms with Gasteiger partial charge >= 0.3 is 6.03 Å². The van der Waals surface area contributed by atoms with Crippen molar-refractivity contribution in [3.8, 4) is 0 Å². The fraction of sp³-hybridized carbons (Fsp3) is 0.273. The summed E-state index contributed by atoms with van der Waals surface area (Å²) in [6, 6.07) is 5.84. The van der Waals surface area contributed by atoms with Crippen molar-refractivity contribution in [3.05, 3.63) is 35.6 Å². The molecule has 1 heterocycles. The zero-order chi connectivity index (χ0) is 11.5.